The molecule has 8 heteroatoms. The number of ether oxygens (including phenoxy) is 4. The SMILES string of the molecule is CCOC(=O)N1CCC2(CC1)Oc1ccccc1[C@H]1CC(c3ccc4c(c3)OCCO4)=NN12. The van der Waals surface area contributed by atoms with Gasteiger partial charge in [0.15, 0.2) is 11.5 Å². The molecule has 1 amide bonds. The molecule has 1 atom stereocenters. The van der Waals surface area contributed by atoms with Crippen LogP contribution in [0.25, 0.3) is 0 Å². The smallest absolute Gasteiger partial charge is 0.409 e. The van der Waals surface area contributed by atoms with Crippen molar-refractivity contribution in [3.8, 4) is 17.2 Å². The molecule has 8 nitrogen and oxygen atoms in total. The maximum atomic E-state index is 12.2. The van der Waals surface area contributed by atoms with E-state index >= 15 is 0 Å². The summed E-state index contributed by atoms with van der Waals surface area (Å²) in [6.07, 6.45) is 1.84. The Balaban J connectivity index is 1.33. The van der Waals surface area contributed by atoms with Crippen LogP contribution in [0, 0.1) is 0 Å². The number of piperidine rings is 1. The lowest BCUT2D eigenvalue weighted by atomic mass is 9.91. The molecule has 4 aliphatic rings. The predicted molar refractivity (Wildman–Crippen MR) is 121 cm³/mol. The molecular weight excluding hydrogens is 422 g/mol. The number of benzene rings is 2. The first-order chi connectivity index (χ1) is 16.2. The molecule has 2 aromatic carbocycles. The second kappa shape index (κ2) is 7.86. The van der Waals surface area contributed by atoms with Gasteiger partial charge in [-0.05, 0) is 31.2 Å². The summed E-state index contributed by atoms with van der Waals surface area (Å²) < 4.78 is 23.3. The summed E-state index contributed by atoms with van der Waals surface area (Å²) in [6.45, 7) is 4.47. The molecular formula is C25H27N3O5. The summed E-state index contributed by atoms with van der Waals surface area (Å²) in [5.74, 6) is 2.44. The Morgan fingerprint density at radius 2 is 1.88 bits per heavy atom. The number of hydrogen-bond donors (Lipinski definition) is 0. The van der Waals surface area contributed by atoms with E-state index < -0.39 is 5.72 Å². The molecule has 1 spiro atoms. The van der Waals surface area contributed by atoms with Gasteiger partial charge in [-0.15, -0.1) is 0 Å². The number of para-hydroxylation sites is 1. The van der Waals surface area contributed by atoms with Crippen molar-refractivity contribution in [3.05, 3.63) is 53.6 Å². The molecule has 1 fully saturated rings. The number of fused-ring (bicyclic) bond motifs is 5. The van der Waals surface area contributed by atoms with Crippen molar-refractivity contribution in [1.82, 2.24) is 9.91 Å². The third-order valence-electron chi connectivity index (χ3n) is 6.85. The first-order valence-electron chi connectivity index (χ1n) is 11.6. The van der Waals surface area contributed by atoms with E-state index in [1.807, 2.05) is 43.3 Å². The van der Waals surface area contributed by atoms with Crippen molar-refractivity contribution in [2.24, 2.45) is 5.10 Å². The number of amides is 1. The Labute approximate surface area is 192 Å². The van der Waals surface area contributed by atoms with E-state index in [1.165, 1.54) is 0 Å². The Hall–Kier alpha value is -3.42. The van der Waals surface area contributed by atoms with Crippen molar-refractivity contribution < 1.29 is 23.7 Å². The summed E-state index contributed by atoms with van der Waals surface area (Å²) >= 11 is 0. The van der Waals surface area contributed by atoms with Crippen LogP contribution < -0.4 is 14.2 Å². The minimum Gasteiger partial charge on any atom is -0.486 e. The van der Waals surface area contributed by atoms with Crippen molar-refractivity contribution in [2.75, 3.05) is 32.9 Å². The van der Waals surface area contributed by atoms with Gasteiger partial charge < -0.3 is 23.8 Å². The highest BCUT2D eigenvalue weighted by Crippen LogP contribution is 2.50. The van der Waals surface area contributed by atoms with Crippen LogP contribution in [0.2, 0.25) is 0 Å². The first kappa shape index (κ1) is 20.2. The molecule has 0 radical (unpaired) electrons. The minimum atomic E-state index is -0.586. The second-order valence-electron chi connectivity index (χ2n) is 8.74. The van der Waals surface area contributed by atoms with E-state index in [-0.39, 0.29) is 12.1 Å². The van der Waals surface area contributed by atoms with E-state index in [0.29, 0.717) is 45.8 Å². The van der Waals surface area contributed by atoms with Crippen molar-refractivity contribution in [3.63, 3.8) is 0 Å². The molecule has 6 rings (SSSR count). The number of rotatable bonds is 2. The quantitative estimate of drug-likeness (QED) is 0.691. The molecule has 33 heavy (non-hydrogen) atoms. The molecule has 0 aliphatic carbocycles. The van der Waals surface area contributed by atoms with Gasteiger partial charge in [-0.25, -0.2) is 9.80 Å². The van der Waals surface area contributed by atoms with Gasteiger partial charge in [-0.3, -0.25) is 0 Å². The number of likely N-dealkylation sites (tertiary alicyclic amines) is 1. The molecule has 1 saturated heterocycles. The minimum absolute atomic E-state index is 0.0901. The van der Waals surface area contributed by atoms with Crippen LogP contribution >= 0.6 is 0 Å². The van der Waals surface area contributed by atoms with Crippen LogP contribution in [0.4, 0.5) is 4.79 Å². The van der Waals surface area contributed by atoms with Crippen molar-refractivity contribution in [2.45, 2.75) is 38.0 Å². The lowest BCUT2D eigenvalue weighted by Gasteiger charge is -2.50. The highest BCUT2D eigenvalue weighted by atomic mass is 16.6. The largest absolute Gasteiger partial charge is 0.486 e. The number of nitrogens with zero attached hydrogens (tertiary/aromatic N) is 3. The van der Waals surface area contributed by atoms with Crippen LogP contribution in [-0.4, -0.2) is 60.3 Å². The number of carbonyl (C=O) groups is 1. The van der Waals surface area contributed by atoms with E-state index in [0.717, 1.165) is 40.5 Å². The number of hydrogen-bond acceptors (Lipinski definition) is 7. The maximum Gasteiger partial charge on any atom is 0.409 e. The van der Waals surface area contributed by atoms with E-state index in [2.05, 4.69) is 11.1 Å². The van der Waals surface area contributed by atoms with Crippen LogP contribution in [-0.2, 0) is 4.74 Å². The zero-order chi connectivity index (χ0) is 22.4. The van der Waals surface area contributed by atoms with Gasteiger partial charge in [-0.2, -0.15) is 5.10 Å². The molecule has 4 aliphatic heterocycles. The van der Waals surface area contributed by atoms with Crippen LogP contribution in [0.3, 0.4) is 0 Å². The molecule has 2 aromatic rings. The lowest BCUT2D eigenvalue weighted by molar-refractivity contribution is -0.147. The van der Waals surface area contributed by atoms with E-state index in [9.17, 15) is 4.79 Å². The second-order valence-corrected chi connectivity index (χ2v) is 8.74. The van der Waals surface area contributed by atoms with Gasteiger partial charge in [0.05, 0.1) is 18.4 Å². The molecule has 0 N–H and O–H groups in total. The Kier molecular flexibility index (Phi) is 4.81. The fraction of sp³-hybridized carbons (Fsp3) is 0.440. The summed E-state index contributed by atoms with van der Waals surface area (Å²) in [4.78, 5) is 14.0. The van der Waals surface area contributed by atoms with Gasteiger partial charge in [0.25, 0.3) is 0 Å². The van der Waals surface area contributed by atoms with Crippen LogP contribution in [0.1, 0.15) is 43.4 Å². The summed E-state index contributed by atoms with van der Waals surface area (Å²) in [6, 6.07) is 14.3. The summed E-state index contributed by atoms with van der Waals surface area (Å²) in [5, 5.41) is 7.25. The molecule has 0 unspecified atom stereocenters. The van der Waals surface area contributed by atoms with Gasteiger partial charge in [0.2, 0.25) is 5.72 Å². The number of hydrazone groups is 1. The highest BCUT2D eigenvalue weighted by Gasteiger charge is 2.52. The average Bonchev–Trinajstić information content (AvgIpc) is 3.31. The van der Waals surface area contributed by atoms with Crippen molar-refractivity contribution >= 4 is 11.8 Å². The van der Waals surface area contributed by atoms with Crippen LogP contribution in [0.15, 0.2) is 47.6 Å². The third-order valence-corrected chi connectivity index (χ3v) is 6.85. The molecule has 0 bridgehead atoms. The van der Waals surface area contributed by atoms with Gasteiger partial charge in [0.1, 0.15) is 19.0 Å². The van der Waals surface area contributed by atoms with Gasteiger partial charge >= 0.3 is 6.09 Å². The summed E-state index contributed by atoms with van der Waals surface area (Å²) in [7, 11) is 0. The predicted octanol–water partition coefficient (Wildman–Crippen LogP) is 3.95. The molecule has 4 heterocycles. The fourth-order valence-corrected chi connectivity index (χ4v) is 5.21. The van der Waals surface area contributed by atoms with E-state index in [1.54, 1.807) is 4.90 Å². The van der Waals surface area contributed by atoms with E-state index in [4.69, 9.17) is 24.0 Å². The number of carbonyl (C=O) groups excluding carboxylic acids is 1. The average molecular weight is 450 g/mol. The maximum absolute atomic E-state index is 12.2. The highest BCUT2D eigenvalue weighted by molar-refractivity contribution is 6.02. The zero-order valence-corrected chi connectivity index (χ0v) is 18.7. The van der Waals surface area contributed by atoms with Crippen molar-refractivity contribution in [1.29, 1.82) is 0 Å². The topological polar surface area (TPSA) is 72.8 Å². The Bertz CT molecular complexity index is 1110. The standard InChI is InChI=1S/C25H27N3O5/c1-2-30-24(29)27-11-9-25(10-12-27)28-20(18-5-3-4-6-21(18)33-25)16-19(26-28)17-7-8-22-23(15-17)32-14-13-31-22/h3-8,15,20H,2,9-14,16H2,1H3/t20-/m1/s1. The monoisotopic (exact) mass is 449 g/mol. The molecule has 0 aromatic heterocycles. The molecule has 172 valence electrons. The fourth-order valence-electron chi connectivity index (χ4n) is 5.21. The normalized spacial score (nSPS) is 22.2. The Morgan fingerprint density at radius 3 is 2.70 bits per heavy atom. The molecule has 0 saturated carbocycles. The summed E-state index contributed by atoms with van der Waals surface area (Å²) in [5.41, 5.74) is 2.60. The Morgan fingerprint density at radius 1 is 1.09 bits per heavy atom. The third kappa shape index (κ3) is 3.35. The van der Waals surface area contributed by atoms with Crippen LogP contribution in [0.5, 0.6) is 17.2 Å². The first-order valence-corrected chi connectivity index (χ1v) is 11.6. The lowest BCUT2D eigenvalue weighted by Crippen LogP contribution is -2.59. The zero-order valence-electron chi connectivity index (χ0n) is 18.7. The van der Waals surface area contributed by atoms with Gasteiger partial charge in [-0.1, -0.05) is 18.2 Å². The van der Waals surface area contributed by atoms with Gasteiger partial charge in [0, 0.05) is 43.5 Å².